The van der Waals surface area contributed by atoms with Crippen molar-refractivity contribution in [3.63, 3.8) is 0 Å². The van der Waals surface area contributed by atoms with Crippen LogP contribution in [0.3, 0.4) is 0 Å². The van der Waals surface area contributed by atoms with Crippen LogP contribution >= 0.6 is 22.9 Å². The molecule has 5 rings (SSSR count). The van der Waals surface area contributed by atoms with E-state index in [1.54, 1.807) is 11.3 Å². The molecule has 0 atom stereocenters. The van der Waals surface area contributed by atoms with Crippen LogP contribution in [0.1, 0.15) is 11.1 Å². The Morgan fingerprint density at radius 3 is 1.91 bits per heavy atom. The Hall–Kier alpha value is -3.40. The lowest BCUT2D eigenvalue weighted by Gasteiger charge is -2.12. The van der Waals surface area contributed by atoms with Crippen molar-refractivity contribution in [1.29, 1.82) is 0 Å². The van der Waals surface area contributed by atoms with Gasteiger partial charge in [0.05, 0.1) is 16.3 Å². The molecule has 1 heterocycles. The zero-order valence-corrected chi connectivity index (χ0v) is 20.1. The van der Waals surface area contributed by atoms with Gasteiger partial charge in [-0.15, -0.1) is 0 Å². The van der Waals surface area contributed by atoms with Crippen LogP contribution < -0.4 is 4.80 Å². The van der Waals surface area contributed by atoms with Crippen molar-refractivity contribution < 1.29 is 0 Å². The van der Waals surface area contributed by atoms with Crippen LogP contribution in [0.15, 0.2) is 108 Å². The lowest BCUT2D eigenvalue weighted by Crippen LogP contribution is -2.13. The van der Waals surface area contributed by atoms with Crippen LogP contribution in [0.4, 0.5) is 5.69 Å². The first-order chi connectivity index (χ1) is 16.1. The molecule has 0 fully saturated rings. The summed E-state index contributed by atoms with van der Waals surface area (Å²) in [7, 11) is 0. The molecule has 0 saturated heterocycles. The molecule has 2 nitrogen and oxygen atoms in total. The Morgan fingerprint density at radius 2 is 1.27 bits per heavy atom. The maximum atomic E-state index is 6.23. The second-order valence-electron chi connectivity index (χ2n) is 8.05. The van der Waals surface area contributed by atoms with Crippen LogP contribution in [-0.2, 0) is 0 Å². The van der Waals surface area contributed by atoms with Gasteiger partial charge in [0, 0.05) is 16.3 Å². The molecule has 0 unspecified atom stereocenters. The third-order valence-electron chi connectivity index (χ3n) is 5.53. The van der Waals surface area contributed by atoms with Gasteiger partial charge < -0.3 is 0 Å². The normalized spacial score (nSPS) is 11.7. The smallest absolute Gasteiger partial charge is 0.195 e. The quantitative estimate of drug-likeness (QED) is 0.253. The van der Waals surface area contributed by atoms with Crippen molar-refractivity contribution in [3.8, 4) is 27.4 Å². The van der Waals surface area contributed by atoms with E-state index in [-0.39, 0.29) is 0 Å². The Labute approximate surface area is 203 Å². The highest BCUT2D eigenvalue weighted by Gasteiger charge is 2.18. The Morgan fingerprint density at radius 1 is 0.667 bits per heavy atom. The van der Waals surface area contributed by atoms with E-state index in [9.17, 15) is 0 Å². The molecule has 33 heavy (non-hydrogen) atoms. The third kappa shape index (κ3) is 4.56. The second-order valence-corrected chi connectivity index (χ2v) is 9.47. The summed E-state index contributed by atoms with van der Waals surface area (Å²) in [5.41, 5.74) is 7.83. The Balaban J connectivity index is 1.86. The SMILES string of the molecule is Cc1ccc(N=c2sc(-c3ccccc3)c(-c3ccc(Cl)cc3)n2-c2ccc(C)cc2)cc1. The van der Waals surface area contributed by atoms with Gasteiger partial charge in [0.2, 0.25) is 0 Å². The first-order valence-corrected chi connectivity index (χ1v) is 12.0. The molecule has 0 spiro atoms. The number of rotatable bonds is 4. The van der Waals surface area contributed by atoms with E-state index in [0.717, 1.165) is 32.5 Å². The summed E-state index contributed by atoms with van der Waals surface area (Å²) in [5, 5.41) is 0.724. The topological polar surface area (TPSA) is 17.3 Å². The molecule has 0 bridgehead atoms. The van der Waals surface area contributed by atoms with Gasteiger partial charge in [-0.2, -0.15) is 0 Å². The summed E-state index contributed by atoms with van der Waals surface area (Å²) >= 11 is 7.93. The minimum absolute atomic E-state index is 0.724. The van der Waals surface area contributed by atoms with Gasteiger partial charge in [-0.25, -0.2) is 4.99 Å². The van der Waals surface area contributed by atoms with Crippen molar-refractivity contribution in [2.75, 3.05) is 0 Å². The molecule has 0 radical (unpaired) electrons. The maximum absolute atomic E-state index is 6.23. The van der Waals surface area contributed by atoms with E-state index in [4.69, 9.17) is 16.6 Å². The monoisotopic (exact) mass is 466 g/mol. The highest BCUT2D eigenvalue weighted by molar-refractivity contribution is 7.13. The average molecular weight is 467 g/mol. The van der Waals surface area contributed by atoms with Gasteiger partial charge >= 0.3 is 0 Å². The molecule has 0 amide bonds. The Bertz CT molecular complexity index is 1440. The fraction of sp³-hybridized carbons (Fsp3) is 0.0690. The van der Waals surface area contributed by atoms with E-state index in [1.807, 2.05) is 18.2 Å². The number of benzene rings is 4. The molecule has 4 aromatic carbocycles. The van der Waals surface area contributed by atoms with E-state index in [2.05, 4.69) is 103 Å². The molecule has 0 N–H and O–H groups in total. The van der Waals surface area contributed by atoms with Gasteiger partial charge in [-0.05, 0) is 55.8 Å². The third-order valence-corrected chi connectivity index (χ3v) is 6.87. The van der Waals surface area contributed by atoms with Gasteiger partial charge in [0.1, 0.15) is 0 Å². The van der Waals surface area contributed by atoms with E-state index < -0.39 is 0 Å². The van der Waals surface area contributed by atoms with Crippen molar-refractivity contribution in [2.45, 2.75) is 13.8 Å². The minimum atomic E-state index is 0.724. The number of thiazole rings is 1. The van der Waals surface area contributed by atoms with Crippen LogP contribution in [-0.4, -0.2) is 4.57 Å². The molecule has 0 aliphatic rings. The zero-order valence-electron chi connectivity index (χ0n) is 18.5. The Kier molecular flexibility index (Phi) is 5.99. The molecule has 162 valence electrons. The van der Waals surface area contributed by atoms with Gasteiger partial charge in [0.15, 0.2) is 4.80 Å². The zero-order chi connectivity index (χ0) is 22.8. The molecular formula is C29H23ClN2S. The summed E-state index contributed by atoms with van der Waals surface area (Å²) in [6, 6.07) is 35.5. The highest BCUT2D eigenvalue weighted by atomic mass is 35.5. The van der Waals surface area contributed by atoms with Gasteiger partial charge in [-0.3, -0.25) is 4.57 Å². The summed E-state index contributed by atoms with van der Waals surface area (Å²) in [4.78, 5) is 7.18. The van der Waals surface area contributed by atoms with Crippen LogP contribution in [0.25, 0.3) is 27.4 Å². The first kappa shape index (κ1) is 21.4. The van der Waals surface area contributed by atoms with E-state index in [1.165, 1.54) is 21.6 Å². The lowest BCUT2D eigenvalue weighted by atomic mass is 10.1. The predicted octanol–water partition coefficient (Wildman–Crippen LogP) is 8.38. The highest BCUT2D eigenvalue weighted by Crippen LogP contribution is 2.37. The minimum Gasteiger partial charge on any atom is -0.284 e. The van der Waals surface area contributed by atoms with Crippen LogP contribution in [0.5, 0.6) is 0 Å². The average Bonchev–Trinajstić information content (AvgIpc) is 3.21. The van der Waals surface area contributed by atoms with Crippen molar-refractivity contribution in [3.05, 3.63) is 124 Å². The van der Waals surface area contributed by atoms with Crippen molar-refractivity contribution in [2.24, 2.45) is 4.99 Å². The molecule has 0 aliphatic carbocycles. The van der Waals surface area contributed by atoms with Crippen LogP contribution in [0.2, 0.25) is 5.02 Å². The number of nitrogens with zero attached hydrogens (tertiary/aromatic N) is 2. The second kappa shape index (κ2) is 9.22. The number of hydrogen-bond donors (Lipinski definition) is 0. The van der Waals surface area contributed by atoms with Crippen molar-refractivity contribution >= 4 is 28.6 Å². The molecule has 0 saturated carbocycles. The van der Waals surface area contributed by atoms with E-state index >= 15 is 0 Å². The number of halogens is 1. The molecule has 5 aromatic rings. The maximum Gasteiger partial charge on any atom is 0.195 e. The first-order valence-electron chi connectivity index (χ1n) is 10.8. The number of hydrogen-bond acceptors (Lipinski definition) is 2. The fourth-order valence-corrected chi connectivity index (χ4v) is 5.08. The summed E-state index contributed by atoms with van der Waals surface area (Å²) in [5.74, 6) is 0. The molecule has 1 aromatic heterocycles. The van der Waals surface area contributed by atoms with Crippen molar-refractivity contribution in [1.82, 2.24) is 4.57 Å². The fourth-order valence-electron chi connectivity index (χ4n) is 3.77. The lowest BCUT2D eigenvalue weighted by molar-refractivity contribution is 1.01. The molecule has 4 heteroatoms. The van der Waals surface area contributed by atoms with Gasteiger partial charge in [-0.1, -0.05) is 101 Å². The standard InChI is InChI=1S/C29H23ClN2S/c1-20-8-16-25(17-9-20)31-29-32(26-18-10-21(2)11-19-26)27(22-12-14-24(30)15-13-22)28(33-29)23-6-4-3-5-7-23/h3-19H,1-2H3. The number of aromatic nitrogens is 1. The number of aryl methyl sites for hydroxylation is 2. The van der Waals surface area contributed by atoms with E-state index in [0.29, 0.717) is 0 Å². The molecule has 0 aliphatic heterocycles. The summed E-state index contributed by atoms with van der Waals surface area (Å²) < 4.78 is 2.26. The van der Waals surface area contributed by atoms with Crippen LogP contribution in [0, 0.1) is 13.8 Å². The summed E-state index contributed by atoms with van der Waals surface area (Å²) in [6.45, 7) is 4.20. The summed E-state index contributed by atoms with van der Waals surface area (Å²) in [6.07, 6.45) is 0. The van der Waals surface area contributed by atoms with Gasteiger partial charge in [0.25, 0.3) is 0 Å². The largest absolute Gasteiger partial charge is 0.284 e. The predicted molar refractivity (Wildman–Crippen MR) is 141 cm³/mol. The molecular weight excluding hydrogens is 444 g/mol.